The Morgan fingerprint density at radius 3 is 2.42 bits per heavy atom. The predicted octanol–water partition coefficient (Wildman–Crippen LogP) is 1.56. The Kier molecular flexibility index (Phi) is 6.87. The van der Waals surface area contributed by atoms with Gasteiger partial charge in [0, 0.05) is 11.9 Å². The van der Waals surface area contributed by atoms with E-state index in [1.807, 2.05) is 13.8 Å². The Morgan fingerprint density at radius 2 is 1.77 bits per heavy atom. The fourth-order valence-electron chi connectivity index (χ4n) is 2.43. The molecule has 0 fully saturated rings. The molecule has 0 aliphatic heterocycles. The van der Waals surface area contributed by atoms with E-state index in [4.69, 9.17) is 0 Å². The minimum absolute atomic E-state index is 0.00879. The molecule has 142 valence electrons. The summed E-state index contributed by atoms with van der Waals surface area (Å²) in [5, 5.41) is 4.92. The lowest BCUT2D eigenvalue weighted by atomic mass is 10.1. The van der Waals surface area contributed by atoms with Crippen LogP contribution in [0.15, 0.2) is 29.1 Å². The van der Waals surface area contributed by atoms with E-state index in [-0.39, 0.29) is 17.0 Å². The zero-order valence-electron chi connectivity index (χ0n) is 15.0. The summed E-state index contributed by atoms with van der Waals surface area (Å²) < 4.78 is 25.0. The largest absolute Gasteiger partial charge is 0.287 e. The molecule has 0 atom stereocenters. The number of nitrogens with zero attached hydrogens (tertiary/aromatic N) is 2. The van der Waals surface area contributed by atoms with E-state index < -0.39 is 15.9 Å². The Hall–Kier alpha value is -2.26. The molecule has 0 aliphatic carbocycles. The molecular formula is C17H24N4O4S. The number of aryl methyl sites for hydroxylation is 1. The van der Waals surface area contributed by atoms with Crippen LogP contribution in [0.1, 0.15) is 50.0 Å². The van der Waals surface area contributed by atoms with Crippen molar-refractivity contribution in [3.8, 4) is 0 Å². The van der Waals surface area contributed by atoms with Crippen LogP contribution in [0, 0.1) is 0 Å². The number of fused-ring (bicyclic) bond motifs is 1. The van der Waals surface area contributed by atoms with E-state index in [9.17, 15) is 18.0 Å². The summed E-state index contributed by atoms with van der Waals surface area (Å²) in [4.78, 5) is 27.1. The topological polar surface area (TPSA) is 110 Å². The summed E-state index contributed by atoms with van der Waals surface area (Å²) in [5.41, 5.74) is 1.93. The first-order valence-electron chi connectivity index (χ1n) is 8.69. The molecule has 1 aromatic heterocycles. The molecule has 8 nitrogen and oxygen atoms in total. The minimum Gasteiger partial charge on any atom is -0.272 e. The maximum atomic E-state index is 12.5. The second-order valence-electron chi connectivity index (χ2n) is 6.00. The van der Waals surface area contributed by atoms with Crippen LogP contribution in [-0.4, -0.2) is 29.9 Å². The summed E-state index contributed by atoms with van der Waals surface area (Å²) in [7, 11) is -3.61. The SMILES string of the molecule is CCCCn1nc(C(=O)NNS(=O)(=O)CCCC)c2ccccc2c1=O. The van der Waals surface area contributed by atoms with Crippen molar-refractivity contribution in [3.63, 3.8) is 0 Å². The first kappa shape index (κ1) is 20.1. The summed E-state index contributed by atoms with van der Waals surface area (Å²) in [6, 6.07) is 6.66. The molecule has 26 heavy (non-hydrogen) atoms. The molecule has 9 heteroatoms. The van der Waals surface area contributed by atoms with Crippen LogP contribution in [0.5, 0.6) is 0 Å². The van der Waals surface area contributed by atoms with Crippen LogP contribution in [0.4, 0.5) is 0 Å². The average molecular weight is 380 g/mol. The van der Waals surface area contributed by atoms with Gasteiger partial charge in [-0.1, -0.05) is 44.9 Å². The van der Waals surface area contributed by atoms with Gasteiger partial charge >= 0.3 is 0 Å². The molecule has 1 heterocycles. The summed E-state index contributed by atoms with van der Waals surface area (Å²) in [6.07, 6.45) is 2.84. The number of hydrogen-bond acceptors (Lipinski definition) is 5. The molecule has 0 saturated heterocycles. The Balaban J connectivity index is 2.34. The summed E-state index contributed by atoms with van der Waals surface area (Å²) >= 11 is 0. The van der Waals surface area contributed by atoms with Crippen LogP contribution in [-0.2, 0) is 16.6 Å². The van der Waals surface area contributed by atoms with Gasteiger partial charge in [-0.2, -0.15) is 5.10 Å². The number of carbonyl (C=O) groups is 1. The number of rotatable bonds is 9. The van der Waals surface area contributed by atoms with Gasteiger partial charge in [-0.3, -0.25) is 15.0 Å². The van der Waals surface area contributed by atoms with Gasteiger partial charge in [0.2, 0.25) is 10.0 Å². The van der Waals surface area contributed by atoms with Crippen molar-refractivity contribution in [1.82, 2.24) is 20.0 Å². The average Bonchev–Trinajstić information content (AvgIpc) is 2.64. The smallest absolute Gasteiger partial charge is 0.272 e. The maximum absolute atomic E-state index is 12.5. The maximum Gasteiger partial charge on any atom is 0.287 e. The Labute approximate surface area is 152 Å². The van der Waals surface area contributed by atoms with E-state index in [1.165, 1.54) is 4.68 Å². The predicted molar refractivity (Wildman–Crippen MR) is 100 cm³/mol. The van der Waals surface area contributed by atoms with Crippen LogP contribution in [0.25, 0.3) is 10.8 Å². The molecule has 0 bridgehead atoms. The number of unbranched alkanes of at least 4 members (excludes halogenated alkanes) is 2. The van der Waals surface area contributed by atoms with Crippen molar-refractivity contribution < 1.29 is 13.2 Å². The molecule has 2 N–H and O–H groups in total. The molecular weight excluding hydrogens is 356 g/mol. The van der Waals surface area contributed by atoms with Gasteiger partial charge in [-0.25, -0.2) is 13.1 Å². The molecule has 0 unspecified atom stereocenters. The number of sulfonamides is 1. The van der Waals surface area contributed by atoms with E-state index in [2.05, 4.69) is 15.4 Å². The van der Waals surface area contributed by atoms with Gasteiger partial charge in [-0.15, -0.1) is 4.83 Å². The highest BCUT2D eigenvalue weighted by Gasteiger charge is 2.18. The third kappa shape index (κ3) is 4.89. The molecule has 0 aliphatic rings. The Bertz CT molecular complexity index is 937. The standard InChI is InChI=1S/C17H24N4O4S/c1-3-5-11-21-17(23)14-10-8-7-9-13(14)15(19-21)16(22)18-20-26(24,25)12-6-4-2/h7-10,20H,3-6,11-12H2,1-2H3,(H,18,22). The molecule has 1 aromatic carbocycles. The van der Waals surface area contributed by atoms with Crippen LogP contribution in [0.2, 0.25) is 0 Å². The zero-order valence-corrected chi connectivity index (χ0v) is 15.8. The number of benzene rings is 1. The van der Waals surface area contributed by atoms with Crippen molar-refractivity contribution in [2.75, 3.05) is 5.75 Å². The second kappa shape index (κ2) is 8.91. The van der Waals surface area contributed by atoms with Crippen molar-refractivity contribution in [2.24, 2.45) is 0 Å². The lowest BCUT2D eigenvalue weighted by molar-refractivity contribution is 0.0939. The second-order valence-corrected chi connectivity index (χ2v) is 7.85. The highest BCUT2D eigenvalue weighted by molar-refractivity contribution is 7.89. The number of amides is 1. The van der Waals surface area contributed by atoms with Gasteiger partial charge in [0.05, 0.1) is 11.1 Å². The third-order valence-electron chi connectivity index (χ3n) is 3.89. The first-order valence-corrected chi connectivity index (χ1v) is 10.3. The van der Waals surface area contributed by atoms with Gasteiger partial charge < -0.3 is 0 Å². The molecule has 2 aromatic rings. The van der Waals surface area contributed by atoms with E-state index in [0.717, 1.165) is 19.3 Å². The van der Waals surface area contributed by atoms with Crippen molar-refractivity contribution >= 4 is 26.7 Å². The van der Waals surface area contributed by atoms with Crippen molar-refractivity contribution in [3.05, 3.63) is 40.3 Å². The van der Waals surface area contributed by atoms with Crippen molar-refractivity contribution in [1.29, 1.82) is 0 Å². The molecule has 0 spiro atoms. The number of carbonyl (C=O) groups excluding carboxylic acids is 1. The van der Waals surface area contributed by atoms with Crippen LogP contribution < -0.4 is 15.8 Å². The zero-order chi connectivity index (χ0) is 19.2. The fourth-order valence-corrected chi connectivity index (χ4v) is 3.45. The number of aromatic nitrogens is 2. The summed E-state index contributed by atoms with van der Waals surface area (Å²) in [5.74, 6) is -0.778. The highest BCUT2D eigenvalue weighted by Crippen LogP contribution is 2.13. The lowest BCUT2D eigenvalue weighted by Crippen LogP contribution is -2.43. The van der Waals surface area contributed by atoms with Crippen LogP contribution >= 0.6 is 0 Å². The number of hydrogen-bond donors (Lipinski definition) is 2. The van der Waals surface area contributed by atoms with E-state index in [0.29, 0.717) is 23.7 Å². The van der Waals surface area contributed by atoms with E-state index in [1.54, 1.807) is 24.3 Å². The fraction of sp³-hybridized carbons (Fsp3) is 0.471. The number of nitrogens with one attached hydrogen (secondary N) is 2. The van der Waals surface area contributed by atoms with Crippen molar-refractivity contribution in [2.45, 2.75) is 46.1 Å². The van der Waals surface area contributed by atoms with Gasteiger partial charge in [0.15, 0.2) is 5.69 Å². The summed E-state index contributed by atoms with van der Waals surface area (Å²) in [6.45, 7) is 4.26. The molecule has 0 radical (unpaired) electrons. The monoisotopic (exact) mass is 380 g/mol. The molecule has 2 rings (SSSR count). The molecule has 1 amide bonds. The highest BCUT2D eigenvalue weighted by atomic mass is 32.2. The minimum atomic E-state index is -3.61. The molecule has 0 saturated carbocycles. The normalized spacial score (nSPS) is 11.6. The van der Waals surface area contributed by atoms with Gasteiger partial charge in [0.25, 0.3) is 11.5 Å². The Morgan fingerprint density at radius 1 is 1.12 bits per heavy atom. The first-order chi connectivity index (χ1) is 12.4. The quantitative estimate of drug-likeness (QED) is 0.642. The lowest BCUT2D eigenvalue weighted by Gasteiger charge is -2.12. The number of hydrazine groups is 1. The van der Waals surface area contributed by atoms with Gasteiger partial charge in [0.1, 0.15) is 0 Å². The van der Waals surface area contributed by atoms with Crippen LogP contribution in [0.3, 0.4) is 0 Å². The van der Waals surface area contributed by atoms with E-state index >= 15 is 0 Å². The van der Waals surface area contributed by atoms with Gasteiger partial charge in [-0.05, 0) is 18.9 Å². The third-order valence-corrected chi connectivity index (χ3v) is 5.13.